The molecular weight excluding hydrogens is 462 g/mol. The van der Waals surface area contributed by atoms with E-state index < -0.39 is 15.9 Å². The van der Waals surface area contributed by atoms with Gasteiger partial charge in [-0.05, 0) is 63.2 Å². The van der Waals surface area contributed by atoms with E-state index in [-0.39, 0.29) is 10.9 Å². The Kier molecular flexibility index (Phi) is 8.06. The van der Waals surface area contributed by atoms with Crippen LogP contribution < -0.4 is 9.54 Å². The molecule has 0 aliphatic heterocycles. The summed E-state index contributed by atoms with van der Waals surface area (Å²) in [6.07, 6.45) is 0. The van der Waals surface area contributed by atoms with Crippen molar-refractivity contribution in [2.45, 2.75) is 38.3 Å². The maximum Gasteiger partial charge on any atom is 0.279 e. The molecule has 0 bridgehead atoms. The van der Waals surface area contributed by atoms with Crippen molar-refractivity contribution in [3.05, 3.63) is 52.8 Å². The highest BCUT2D eigenvalue weighted by Crippen LogP contribution is 2.23. The van der Waals surface area contributed by atoms with Crippen molar-refractivity contribution in [1.82, 2.24) is 8.87 Å². The lowest BCUT2D eigenvalue weighted by atomic mass is 10.2. The summed E-state index contributed by atoms with van der Waals surface area (Å²) in [4.78, 5) is 17.9. The summed E-state index contributed by atoms with van der Waals surface area (Å²) >= 11 is 1.39. The van der Waals surface area contributed by atoms with E-state index in [2.05, 4.69) is 4.99 Å². The van der Waals surface area contributed by atoms with Crippen LogP contribution in [0, 0.1) is 0 Å². The molecule has 2 aromatic carbocycles. The van der Waals surface area contributed by atoms with Gasteiger partial charge in [-0.2, -0.15) is 9.30 Å². The quantitative estimate of drug-likeness (QED) is 0.427. The van der Waals surface area contributed by atoms with E-state index in [1.54, 1.807) is 21.0 Å². The summed E-state index contributed by atoms with van der Waals surface area (Å²) in [6.45, 7) is 7.17. The van der Waals surface area contributed by atoms with Gasteiger partial charge in [-0.3, -0.25) is 4.79 Å². The molecule has 0 unspecified atom stereocenters. The standard InChI is InChI=1S/C23H29N3O5S2/c1-6-31-14-13-26-20-12-9-18(30-5)15-21(20)32-23(26)24-22(27)17-7-10-19(11-8-17)33(28,29)25(4)16(2)3/h7-12,15-16H,6,13-14H2,1-5H3. The minimum atomic E-state index is -3.62. The van der Waals surface area contributed by atoms with Crippen LogP contribution in [0.3, 0.4) is 0 Å². The molecule has 3 rings (SSSR count). The number of methoxy groups -OCH3 is 1. The zero-order valence-electron chi connectivity index (χ0n) is 19.4. The number of hydrogen-bond donors (Lipinski definition) is 0. The smallest absolute Gasteiger partial charge is 0.279 e. The molecule has 0 saturated heterocycles. The molecule has 1 amide bonds. The minimum absolute atomic E-state index is 0.135. The van der Waals surface area contributed by atoms with E-state index in [0.717, 1.165) is 16.0 Å². The van der Waals surface area contributed by atoms with E-state index >= 15 is 0 Å². The Balaban J connectivity index is 1.97. The Hall–Kier alpha value is -2.53. The van der Waals surface area contributed by atoms with Crippen molar-refractivity contribution in [3.63, 3.8) is 0 Å². The van der Waals surface area contributed by atoms with E-state index in [9.17, 15) is 13.2 Å². The number of thiazole rings is 1. The van der Waals surface area contributed by atoms with Crippen LogP contribution in [0.5, 0.6) is 5.75 Å². The number of hydrogen-bond acceptors (Lipinski definition) is 6. The highest BCUT2D eigenvalue weighted by atomic mass is 32.2. The summed E-state index contributed by atoms with van der Waals surface area (Å²) in [5.41, 5.74) is 1.25. The monoisotopic (exact) mass is 491 g/mol. The Morgan fingerprint density at radius 1 is 1.18 bits per heavy atom. The summed E-state index contributed by atoms with van der Waals surface area (Å²) in [5.74, 6) is 0.279. The second kappa shape index (κ2) is 10.6. The van der Waals surface area contributed by atoms with Crippen LogP contribution in [0.2, 0.25) is 0 Å². The molecule has 0 spiro atoms. The number of fused-ring (bicyclic) bond motifs is 1. The third-order valence-electron chi connectivity index (χ3n) is 5.26. The molecule has 0 radical (unpaired) electrons. The van der Waals surface area contributed by atoms with Crippen molar-refractivity contribution in [2.24, 2.45) is 4.99 Å². The highest BCUT2D eigenvalue weighted by molar-refractivity contribution is 7.89. The summed E-state index contributed by atoms with van der Waals surface area (Å²) in [5, 5.41) is 0. The molecule has 8 nitrogen and oxygen atoms in total. The van der Waals surface area contributed by atoms with Gasteiger partial charge >= 0.3 is 0 Å². The fourth-order valence-corrected chi connectivity index (χ4v) is 5.60. The van der Waals surface area contributed by atoms with Gasteiger partial charge in [0.05, 0.1) is 28.8 Å². The van der Waals surface area contributed by atoms with Crippen molar-refractivity contribution in [2.75, 3.05) is 27.4 Å². The number of nitrogens with zero attached hydrogens (tertiary/aromatic N) is 3. The third-order valence-corrected chi connectivity index (χ3v) is 8.34. The van der Waals surface area contributed by atoms with Gasteiger partial charge in [-0.1, -0.05) is 11.3 Å². The number of aromatic nitrogens is 1. The normalized spacial score (nSPS) is 12.8. The Morgan fingerprint density at radius 2 is 1.88 bits per heavy atom. The van der Waals surface area contributed by atoms with Crippen LogP contribution in [-0.4, -0.2) is 56.6 Å². The number of benzene rings is 2. The number of amides is 1. The van der Waals surface area contributed by atoms with Gasteiger partial charge < -0.3 is 14.0 Å². The predicted molar refractivity (Wildman–Crippen MR) is 129 cm³/mol. The van der Waals surface area contributed by atoms with Gasteiger partial charge in [0.2, 0.25) is 10.0 Å². The summed E-state index contributed by atoms with van der Waals surface area (Å²) in [6, 6.07) is 11.4. The van der Waals surface area contributed by atoms with Gasteiger partial charge in [0.1, 0.15) is 5.75 Å². The molecule has 1 aromatic heterocycles. The van der Waals surface area contributed by atoms with Crippen LogP contribution in [-0.2, 0) is 21.3 Å². The number of sulfonamides is 1. The SMILES string of the molecule is CCOCCn1c(=NC(=O)c2ccc(S(=O)(=O)N(C)C(C)C)cc2)sc2cc(OC)ccc21. The first-order valence-electron chi connectivity index (χ1n) is 10.6. The molecule has 10 heteroatoms. The number of rotatable bonds is 9. The lowest BCUT2D eigenvalue weighted by molar-refractivity contribution is 0.0996. The predicted octanol–water partition coefficient (Wildman–Crippen LogP) is 3.52. The Morgan fingerprint density at radius 3 is 2.48 bits per heavy atom. The third kappa shape index (κ3) is 5.52. The van der Waals surface area contributed by atoms with Gasteiger partial charge in [0, 0.05) is 31.8 Å². The maximum absolute atomic E-state index is 12.9. The minimum Gasteiger partial charge on any atom is -0.497 e. The van der Waals surface area contributed by atoms with Crippen LogP contribution in [0.1, 0.15) is 31.1 Å². The van der Waals surface area contributed by atoms with Crippen molar-refractivity contribution in [1.29, 1.82) is 0 Å². The topological polar surface area (TPSA) is 90.2 Å². The Bertz CT molecular complexity index is 1290. The van der Waals surface area contributed by atoms with Crippen LogP contribution in [0.4, 0.5) is 0 Å². The molecule has 0 fully saturated rings. The lowest BCUT2D eigenvalue weighted by Gasteiger charge is -2.20. The zero-order chi connectivity index (χ0) is 24.2. The van der Waals surface area contributed by atoms with Crippen LogP contribution in [0.25, 0.3) is 10.2 Å². The largest absolute Gasteiger partial charge is 0.497 e. The maximum atomic E-state index is 12.9. The highest BCUT2D eigenvalue weighted by Gasteiger charge is 2.23. The second-order valence-electron chi connectivity index (χ2n) is 7.62. The molecule has 3 aromatic rings. The molecular formula is C23H29N3O5S2. The number of carbonyl (C=O) groups excluding carboxylic acids is 1. The average Bonchev–Trinajstić information content (AvgIpc) is 3.14. The first-order chi connectivity index (χ1) is 15.7. The van der Waals surface area contributed by atoms with E-state index in [1.165, 1.54) is 47.0 Å². The number of ether oxygens (including phenoxy) is 2. The van der Waals surface area contributed by atoms with Gasteiger partial charge in [0.25, 0.3) is 5.91 Å². The lowest BCUT2D eigenvalue weighted by Crippen LogP contribution is -2.33. The molecule has 1 heterocycles. The van der Waals surface area contributed by atoms with Crippen molar-refractivity contribution < 1.29 is 22.7 Å². The van der Waals surface area contributed by atoms with E-state index in [1.807, 2.05) is 29.7 Å². The van der Waals surface area contributed by atoms with Crippen LogP contribution >= 0.6 is 11.3 Å². The fraction of sp³-hybridized carbons (Fsp3) is 0.391. The molecule has 0 aliphatic carbocycles. The molecule has 0 aliphatic rings. The molecule has 0 saturated carbocycles. The van der Waals surface area contributed by atoms with Gasteiger partial charge in [0.15, 0.2) is 4.80 Å². The first kappa shape index (κ1) is 25.1. The second-order valence-corrected chi connectivity index (χ2v) is 10.6. The zero-order valence-corrected chi connectivity index (χ0v) is 21.1. The van der Waals surface area contributed by atoms with E-state index in [0.29, 0.717) is 30.1 Å². The Labute approximate surface area is 198 Å². The molecule has 0 N–H and O–H groups in total. The van der Waals surface area contributed by atoms with E-state index in [4.69, 9.17) is 9.47 Å². The fourth-order valence-electron chi connectivity index (χ4n) is 3.15. The number of carbonyl (C=O) groups is 1. The average molecular weight is 492 g/mol. The van der Waals surface area contributed by atoms with Crippen molar-refractivity contribution in [3.8, 4) is 5.75 Å². The molecule has 178 valence electrons. The van der Waals surface area contributed by atoms with Crippen molar-refractivity contribution >= 4 is 37.5 Å². The first-order valence-corrected chi connectivity index (χ1v) is 12.9. The van der Waals surface area contributed by atoms with Crippen LogP contribution in [0.15, 0.2) is 52.4 Å². The van der Waals surface area contributed by atoms with Gasteiger partial charge in [-0.25, -0.2) is 8.42 Å². The molecule has 0 atom stereocenters. The molecule has 33 heavy (non-hydrogen) atoms. The van der Waals surface area contributed by atoms with Gasteiger partial charge in [-0.15, -0.1) is 0 Å². The summed E-state index contributed by atoms with van der Waals surface area (Å²) in [7, 11) is -0.479. The summed E-state index contributed by atoms with van der Waals surface area (Å²) < 4.78 is 40.3.